The van der Waals surface area contributed by atoms with Crippen molar-refractivity contribution in [3.05, 3.63) is 11.3 Å². The Labute approximate surface area is 138 Å². The molecule has 0 atom stereocenters. The molecule has 19 heavy (non-hydrogen) atoms. The summed E-state index contributed by atoms with van der Waals surface area (Å²) in [4.78, 5) is 5.16. The molecular formula is C15H25IN2S. The molecule has 0 amide bonds. The molecule has 0 aromatic heterocycles. The third-order valence-electron chi connectivity index (χ3n) is 4.56. The predicted molar refractivity (Wildman–Crippen MR) is 95.4 cm³/mol. The first-order valence-electron chi connectivity index (χ1n) is 7.56. The lowest BCUT2D eigenvalue weighted by Crippen LogP contribution is -2.42. The molecule has 4 heteroatoms. The molecule has 0 unspecified atom stereocenters. The van der Waals surface area contributed by atoms with E-state index < -0.39 is 0 Å². The van der Waals surface area contributed by atoms with Gasteiger partial charge in [0.05, 0.1) is 5.54 Å². The molecule has 0 radical (unpaired) electrons. The largest absolute Gasteiger partial charge is 0.339 e. The first-order valence-corrected chi connectivity index (χ1v) is 8.55. The Bertz CT molecular complexity index is 384. The van der Waals surface area contributed by atoms with Gasteiger partial charge in [-0.2, -0.15) is 0 Å². The van der Waals surface area contributed by atoms with Crippen molar-refractivity contribution in [3.63, 3.8) is 0 Å². The minimum atomic E-state index is 0. The quantitative estimate of drug-likeness (QED) is 0.646. The van der Waals surface area contributed by atoms with Crippen LogP contribution < -0.4 is 5.32 Å². The predicted octanol–water partition coefficient (Wildman–Crippen LogP) is 4.85. The molecule has 1 heterocycles. The van der Waals surface area contributed by atoms with Crippen LogP contribution in [0.5, 0.6) is 0 Å². The van der Waals surface area contributed by atoms with Gasteiger partial charge in [0.25, 0.3) is 0 Å². The van der Waals surface area contributed by atoms with E-state index in [-0.39, 0.29) is 29.5 Å². The number of amidine groups is 1. The first-order chi connectivity index (χ1) is 8.84. The second-order valence-electron chi connectivity index (χ2n) is 5.73. The van der Waals surface area contributed by atoms with Gasteiger partial charge >= 0.3 is 0 Å². The van der Waals surface area contributed by atoms with Crippen LogP contribution in [0.4, 0.5) is 0 Å². The number of rotatable bonds is 1. The number of thioether (sulfide) groups is 1. The Morgan fingerprint density at radius 1 is 1.11 bits per heavy atom. The molecule has 0 aromatic rings. The van der Waals surface area contributed by atoms with Crippen LogP contribution in [-0.4, -0.2) is 16.5 Å². The van der Waals surface area contributed by atoms with Gasteiger partial charge in [-0.05, 0) is 49.9 Å². The molecule has 1 fully saturated rings. The lowest BCUT2D eigenvalue weighted by Gasteiger charge is -2.42. The summed E-state index contributed by atoms with van der Waals surface area (Å²) in [6.45, 7) is 2.22. The molecule has 3 aliphatic rings. The van der Waals surface area contributed by atoms with Crippen molar-refractivity contribution < 1.29 is 0 Å². The van der Waals surface area contributed by atoms with Crippen molar-refractivity contribution in [3.8, 4) is 0 Å². The Balaban J connectivity index is 0.00000133. The Morgan fingerprint density at radius 3 is 2.58 bits per heavy atom. The van der Waals surface area contributed by atoms with E-state index in [0.29, 0.717) is 0 Å². The Kier molecular flexibility index (Phi) is 5.64. The monoisotopic (exact) mass is 392 g/mol. The number of aliphatic imine (C=N–C) groups is 1. The first kappa shape index (κ1) is 15.7. The third-order valence-corrected chi connectivity index (χ3v) is 5.32. The summed E-state index contributed by atoms with van der Waals surface area (Å²) < 4.78 is 0. The lowest BCUT2D eigenvalue weighted by atomic mass is 9.72. The molecule has 1 aliphatic heterocycles. The van der Waals surface area contributed by atoms with Gasteiger partial charge in [-0.1, -0.05) is 37.9 Å². The number of fused-ring (bicyclic) bond motifs is 1. The van der Waals surface area contributed by atoms with Crippen LogP contribution in [0.25, 0.3) is 0 Å². The summed E-state index contributed by atoms with van der Waals surface area (Å²) in [6, 6.07) is 0. The number of halogens is 1. The summed E-state index contributed by atoms with van der Waals surface area (Å²) in [5.74, 6) is 1.12. The highest BCUT2D eigenvalue weighted by molar-refractivity contribution is 14.0. The maximum atomic E-state index is 5.16. The van der Waals surface area contributed by atoms with E-state index in [1.807, 2.05) is 11.8 Å². The molecule has 0 saturated heterocycles. The average molecular weight is 392 g/mol. The fourth-order valence-electron chi connectivity index (χ4n) is 3.73. The van der Waals surface area contributed by atoms with E-state index in [2.05, 4.69) is 12.2 Å². The van der Waals surface area contributed by atoms with E-state index in [1.54, 1.807) is 5.57 Å². The van der Waals surface area contributed by atoms with Gasteiger partial charge in [0, 0.05) is 5.70 Å². The number of hydrogen-bond acceptors (Lipinski definition) is 3. The Morgan fingerprint density at radius 2 is 1.84 bits per heavy atom. The van der Waals surface area contributed by atoms with Gasteiger partial charge in [0.15, 0.2) is 5.17 Å². The molecule has 1 spiro atoms. The Hall–Kier alpha value is 0.290. The second kappa shape index (κ2) is 6.83. The van der Waals surface area contributed by atoms with Gasteiger partial charge < -0.3 is 5.32 Å². The minimum Gasteiger partial charge on any atom is -0.339 e. The number of nitrogens with zero attached hydrogens (tertiary/aromatic N) is 1. The molecule has 108 valence electrons. The van der Waals surface area contributed by atoms with Crippen LogP contribution in [0.15, 0.2) is 16.3 Å². The summed E-state index contributed by atoms with van der Waals surface area (Å²) in [7, 11) is 0. The van der Waals surface area contributed by atoms with Crippen LogP contribution in [0.2, 0.25) is 0 Å². The zero-order chi connectivity index (χ0) is 12.4. The van der Waals surface area contributed by atoms with E-state index >= 15 is 0 Å². The zero-order valence-corrected chi connectivity index (χ0v) is 15.0. The minimum absolute atomic E-state index is 0. The van der Waals surface area contributed by atoms with Crippen LogP contribution in [0.3, 0.4) is 0 Å². The molecule has 0 bridgehead atoms. The van der Waals surface area contributed by atoms with Gasteiger partial charge in [-0.3, -0.25) is 4.99 Å². The van der Waals surface area contributed by atoms with Crippen molar-refractivity contribution in [1.82, 2.24) is 5.32 Å². The molecule has 2 nitrogen and oxygen atoms in total. The average Bonchev–Trinajstić information content (AvgIpc) is 2.40. The molecule has 1 N–H and O–H groups in total. The van der Waals surface area contributed by atoms with Crippen molar-refractivity contribution >= 4 is 40.9 Å². The van der Waals surface area contributed by atoms with Crippen molar-refractivity contribution in [2.75, 3.05) is 5.75 Å². The van der Waals surface area contributed by atoms with Crippen molar-refractivity contribution in [2.45, 2.75) is 70.3 Å². The normalized spacial score (nSPS) is 25.2. The molecule has 1 saturated carbocycles. The molecule has 2 aliphatic carbocycles. The fourth-order valence-corrected chi connectivity index (χ4v) is 4.44. The van der Waals surface area contributed by atoms with Gasteiger partial charge in [-0.25, -0.2) is 0 Å². The zero-order valence-electron chi connectivity index (χ0n) is 11.8. The van der Waals surface area contributed by atoms with Gasteiger partial charge in [-0.15, -0.1) is 24.0 Å². The summed E-state index contributed by atoms with van der Waals surface area (Å²) >= 11 is 1.88. The highest BCUT2D eigenvalue weighted by Gasteiger charge is 2.40. The summed E-state index contributed by atoms with van der Waals surface area (Å²) in [5.41, 5.74) is 3.42. The maximum Gasteiger partial charge on any atom is 0.161 e. The lowest BCUT2D eigenvalue weighted by molar-refractivity contribution is 0.321. The highest BCUT2D eigenvalue weighted by Crippen LogP contribution is 2.45. The van der Waals surface area contributed by atoms with E-state index in [0.717, 1.165) is 5.75 Å². The fraction of sp³-hybridized carbons (Fsp3) is 0.800. The third kappa shape index (κ3) is 3.14. The van der Waals surface area contributed by atoms with Gasteiger partial charge in [0.1, 0.15) is 0 Å². The van der Waals surface area contributed by atoms with E-state index in [9.17, 15) is 0 Å². The smallest absolute Gasteiger partial charge is 0.161 e. The molecular weight excluding hydrogens is 367 g/mol. The van der Waals surface area contributed by atoms with Crippen molar-refractivity contribution in [1.29, 1.82) is 0 Å². The molecule has 0 aromatic carbocycles. The van der Waals surface area contributed by atoms with E-state index in [4.69, 9.17) is 4.99 Å². The number of nitrogens with one attached hydrogen (secondary N) is 1. The SMILES string of the molecule is CCSC1=NC2(CCCCC2)C2=C(CCCC2)N1.I. The summed E-state index contributed by atoms with van der Waals surface area (Å²) in [5, 5.41) is 4.81. The summed E-state index contributed by atoms with van der Waals surface area (Å²) in [6.07, 6.45) is 12.0. The number of allylic oxidation sites excluding steroid dienone is 1. The topological polar surface area (TPSA) is 24.4 Å². The van der Waals surface area contributed by atoms with Crippen LogP contribution in [0.1, 0.15) is 64.7 Å². The van der Waals surface area contributed by atoms with Crippen molar-refractivity contribution in [2.24, 2.45) is 4.99 Å². The maximum absolute atomic E-state index is 5.16. The standard InChI is InChI=1S/C15H24N2S.HI/c1-2-18-14-16-13-9-5-4-8-12(13)15(17-14)10-6-3-7-11-15;/h2-11H2,1H3,(H,16,17);1H. The van der Waals surface area contributed by atoms with Crippen LogP contribution >= 0.6 is 35.7 Å². The van der Waals surface area contributed by atoms with Crippen LogP contribution in [0, 0.1) is 0 Å². The highest BCUT2D eigenvalue weighted by atomic mass is 127. The van der Waals surface area contributed by atoms with E-state index in [1.165, 1.54) is 68.7 Å². The second-order valence-corrected chi connectivity index (χ2v) is 6.98. The van der Waals surface area contributed by atoms with Crippen LogP contribution in [-0.2, 0) is 0 Å². The van der Waals surface area contributed by atoms with Gasteiger partial charge in [0.2, 0.25) is 0 Å². The molecule has 3 rings (SSSR count). The number of hydrogen-bond donors (Lipinski definition) is 1.